The number of aromatic nitrogens is 2. The average molecular weight is 331 g/mol. The van der Waals surface area contributed by atoms with E-state index in [0.29, 0.717) is 11.6 Å². The molecule has 0 unspecified atom stereocenters. The van der Waals surface area contributed by atoms with Gasteiger partial charge in [-0.25, -0.2) is 9.97 Å². The first kappa shape index (κ1) is 16.8. The molecule has 0 atom stereocenters. The van der Waals surface area contributed by atoms with Crippen molar-refractivity contribution in [1.29, 1.82) is 0 Å². The minimum Gasteiger partial charge on any atom is -0.310 e. The van der Waals surface area contributed by atoms with Crippen LogP contribution < -0.4 is 5.32 Å². The summed E-state index contributed by atoms with van der Waals surface area (Å²) in [5.74, 6) is 1.02. The van der Waals surface area contributed by atoms with Crippen molar-refractivity contribution < 1.29 is 4.79 Å². The Kier molecular flexibility index (Phi) is 4.61. The fraction of sp³-hybridized carbons (Fsp3) is 0.190. The summed E-state index contributed by atoms with van der Waals surface area (Å²) in [6, 6.07) is 21.4. The third kappa shape index (κ3) is 4.10. The monoisotopic (exact) mass is 331 g/mol. The van der Waals surface area contributed by atoms with E-state index in [2.05, 4.69) is 15.3 Å². The maximum absolute atomic E-state index is 12.4. The predicted octanol–water partition coefficient (Wildman–Crippen LogP) is 4.80. The molecule has 3 rings (SSSR count). The maximum Gasteiger partial charge on any atom is 0.230 e. The lowest BCUT2D eigenvalue weighted by Crippen LogP contribution is -2.28. The number of anilines is 1. The summed E-state index contributed by atoms with van der Waals surface area (Å²) >= 11 is 0. The summed E-state index contributed by atoms with van der Waals surface area (Å²) in [7, 11) is 0. The summed E-state index contributed by atoms with van der Waals surface area (Å²) < 4.78 is 0. The average Bonchev–Trinajstić information content (AvgIpc) is 2.62. The molecule has 1 N–H and O–H groups in total. The Labute approximate surface area is 148 Å². The molecule has 1 amide bonds. The van der Waals surface area contributed by atoms with Gasteiger partial charge in [-0.3, -0.25) is 4.79 Å². The van der Waals surface area contributed by atoms with Crippen molar-refractivity contribution in [3.05, 3.63) is 66.7 Å². The van der Waals surface area contributed by atoms with E-state index < -0.39 is 5.41 Å². The molecule has 4 nitrogen and oxygen atoms in total. The summed E-state index contributed by atoms with van der Waals surface area (Å²) in [5.41, 5.74) is 2.17. The smallest absolute Gasteiger partial charge is 0.230 e. The van der Waals surface area contributed by atoms with Crippen molar-refractivity contribution in [2.24, 2.45) is 5.41 Å². The fourth-order valence-electron chi connectivity index (χ4n) is 2.29. The number of carbonyl (C=O) groups is 1. The van der Waals surface area contributed by atoms with Crippen LogP contribution in [0.5, 0.6) is 0 Å². The topological polar surface area (TPSA) is 54.9 Å². The summed E-state index contributed by atoms with van der Waals surface area (Å²) in [4.78, 5) is 21.6. The number of rotatable bonds is 3. The summed E-state index contributed by atoms with van der Waals surface area (Å²) in [6.45, 7) is 5.62. The van der Waals surface area contributed by atoms with Crippen LogP contribution in [0.4, 0.5) is 5.82 Å². The van der Waals surface area contributed by atoms with Gasteiger partial charge in [0.2, 0.25) is 5.91 Å². The third-order valence-corrected chi connectivity index (χ3v) is 3.75. The van der Waals surface area contributed by atoms with Crippen molar-refractivity contribution in [1.82, 2.24) is 9.97 Å². The molecular weight excluding hydrogens is 310 g/mol. The second-order valence-electron chi connectivity index (χ2n) is 6.90. The molecular formula is C21H21N3O. The molecule has 1 heterocycles. The van der Waals surface area contributed by atoms with E-state index in [1.807, 2.05) is 87.5 Å². The normalized spacial score (nSPS) is 11.2. The van der Waals surface area contributed by atoms with Gasteiger partial charge in [0.25, 0.3) is 0 Å². The maximum atomic E-state index is 12.4. The van der Waals surface area contributed by atoms with Crippen LogP contribution in [0.3, 0.4) is 0 Å². The minimum atomic E-state index is -0.495. The van der Waals surface area contributed by atoms with Crippen LogP contribution in [0.15, 0.2) is 66.7 Å². The van der Waals surface area contributed by atoms with Gasteiger partial charge in [0.1, 0.15) is 5.82 Å². The standard InChI is InChI=1S/C21H21N3O/c1-21(2,3)20(25)24-18-14-17(15-10-6-4-7-11-15)22-19(23-18)16-12-8-5-9-13-16/h4-14H,1-3H3,(H,22,23,24,25). The summed E-state index contributed by atoms with van der Waals surface area (Å²) in [6.07, 6.45) is 0. The lowest BCUT2D eigenvalue weighted by molar-refractivity contribution is -0.123. The van der Waals surface area contributed by atoms with Gasteiger partial charge in [-0.15, -0.1) is 0 Å². The third-order valence-electron chi connectivity index (χ3n) is 3.75. The SMILES string of the molecule is CC(C)(C)C(=O)Nc1cc(-c2ccccc2)nc(-c2ccccc2)n1. The fourth-order valence-corrected chi connectivity index (χ4v) is 2.29. The van der Waals surface area contributed by atoms with Crippen LogP contribution in [0, 0.1) is 5.41 Å². The lowest BCUT2D eigenvalue weighted by atomic mass is 9.96. The Morgan fingerprint density at radius 2 is 1.40 bits per heavy atom. The second kappa shape index (κ2) is 6.85. The van der Waals surface area contributed by atoms with E-state index in [0.717, 1.165) is 16.8 Å². The molecule has 126 valence electrons. The van der Waals surface area contributed by atoms with E-state index >= 15 is 0 Å². The van der Waals surface area contributed by atoms with Crippen molar-refractivity contribution >= 4 is 11.7 Å². The Hall–Kier alpha value is -3.01. The quantitative estimate of drug-likeness (QED) is 0.750. The minimum absolute atomic E-state index is 0.0794. The zero-order valence-corrected chi connectivity index (χ0v) is 14.7. The first-order valence-corrected chi connectivity index (χ1v) is 8.25. The van der Waals surface area contributed by atoms with Gasteiger partial charge in [0, 0.05) is 22.6 Å². The largest absolute Gasteiger partial charge is 0.310 e. The van der Waals surface area contributed by atoms with Crippen LogP contribution in [0.2, 0.25) is 0 Å². The molecule has 0 aliphatic carbocycles. The number of nitrogens with one attached hydrogen (secondary N) is 1. The van der Waals surface area contributed by atoms with Crippen molar-refractivity contribution in [3.8, 4) is 22.6 Å². The zero-order valence-electron chi connectivity index (χ0n) is 14.7. The molecule has 3 aromatic rings. The molecule has 0 spiro atoms. The van der Waals surface area contributed by atoms with E-state index in [4.69, 9.17) is 0 Å². The van der Waals surface area contributed by atoms with Gasteiger partial charge in [-0.05, 0) is 0 Å². The lowest BCUT2D eigenvalue weighted by Gasteiger charge is -2.18. The first-order chi connectivity index (χ1) is 11.9. The molecule has 0 saturated heterocycles. The van der Waals surface area contributed by atoms with Gasteiger partial charge >= 0.3 is 0 Å². The number of carbonyl (C=O) groups excluding carboxylic acids is 1. The molecule has 0 aliphatic rings. The van der Waals surface area contributed by atoms with Crippen LogP contribution in [0.1, 0.15) is 20.8 Å². The first-order valence-electron chi connectivity index (χ1n) is 8.25. The number of benzene rings is 2. The zero-order chi connectivity index (χ0) is 17.9. The van der Waals surface area contributed by atoms with Gasteiger partial charge < -0.3 is 5.32 Å². The molecule has 0 aliphatic heterocycles. The Balaban J connectivity index is 2.07. The molecule has 0 fully saturated rings. The molecule has 0 bridgehead atoms. The van der Waals surface area contributed by atoms with Crippen LogP contribution in [-0.2, 0) is 4.79 Å². The van der Waals surface area contributed by atoms with Gasteiger partial charge in [0.15, 0.2) is 5.82 Å². The molecule has 25 heavy (non-hydrogen) atoms. The van der Waals surface area contributed by atoms with Crippen LogP contribution >= 0.6 is 0 Å². The van der Waals surface area contributed by atoms with E-state index in [1.54, 1.807) is 0 Å². The Morgan fingerprint density at radius 3 is 1.96 bits per heavy atom. The number of hydrogen-bond donors (Lipinski definition) is 1. The molecule has 0 radical (unpaired) electrons. The molecule has 4 heteroatoms. The van der Waals surface area contributed by atoms with Crippen LogP contribution in [-0.4, -0.2) is 15.9 Å². The Morgan fingerprint density at radius 1 is 0.840 bits per heavy atom. The highest BCUT2D eigenvalue weighted by molar-refractivity contribution is 5.94. The van der Waals surface area contributed by atoms with Gasteiger partial charge in [0.05, 0.1) is 5.69 Å². The van der Waals surface area contributed by atoms with Gasteiger partial charge in [-0.2, -0.15) is 0 Å². The second-order valence-corrected chi connectivity index (χ2v) is 6.90. The summed E-state index contributed by atoms with van der Waals surface area (Å²) in [5, 5.41) is 2.91. The van der Waals surface area contributed by atoms with Gasteiger partial charge in [-0.1, -0.05) is 81.4 Å². The number of nitrogens with zero attached hydrogens (tertiary/aromatic N) is 2. The van der Waals surface area contributed by atoms with Crippen molar-refractivity contribution in [2.75, 3.05) is 5.32 Å². The number of amides is 1. The highest BCUT2D eigenvalue weighted by Crippen LogP contribution is 2.25. The van der Waals surface area contributed by atoms with Crippen molar-refractivity contribution in [2.45, 2.75) is 20.8 Å². The predicted molar refractivity (Wildman–Crippen MR) is 101 cm³/mol. The number of hydrogen-bond acceptors (Lipinski definition) is 3. The molecule has 0 saturated carbocycles. The van der Waals surface area contributed by atoms with E-state index in [-0.39, 0.29) is 5.91 Å². The van der Waals surface area contributed by atoms with Crippen molar-refractivity contribution in [3.63, 3.8) is 0 Å². The Bertz CT molecular complexity index is 811. The van der Waals surface area contributed by atoms with E-state index in [1.165, 1.54) is 0 Å². The highest BCUT2D eigenvalue weighted by Gasteiger charge is 2.22. The van der Waals surface area contributed by atoms with Crippen LogP contribution in [0.25, 0.3) is 22.6 Å². The molecule has 2 aromatic carbocycles. The molecule has 1 aromatic heterocycles. The highest BCUT2D eigenvalue weighted by atomic mass is 16.2. The van der Waals surface area contributed by atoms with E-state index in [9.17, 15) is 4.79 Å².